The van der Waals surface area contributed by atoms with Crippen LogP contribution in [0.15, 0.2) is 30.0 Å². The van der Waals surface area contributed by atoms with Crippen molar-refractivity contribution in [1.82, 2.24) is 0 Å². The van der Waals surface area contributed by atoms with Crippen LogP contribution in [0.25, 0.3) is 0 Å². The van der Waals surface area contributed by atoms with Gasteiger partial charge in [0.1, 0.15) is 6.73 Å². The topological polar surface area (TPSA) is 55.6 Å². The van der Waals surface area contributed by atoms with Gasteiger partial charge >= 0.3 is 0 Å². The van der Waals surface area contributed by atoms with Crippen molar-refractivity contribution in [2.24, 2.45) is 5.73 Å². The average Bonchev–Trinajstić information content (AvgIpc) is 2.29. The Morgan fingerprint density at radius 3 is 3.00 bits per heavy atom. The molecule has 0 unspecified atom stereocenters. The van der Waals surface area contributed by atoms with E-state index < -0.39 is 0 Å². The molecular weight excluding hydrogens is 204 g/mol. The summed E-state index contributed by atoms with van der Waals surface area (Å²) in [5.74, 6) is -0.360. The molecule has 2 N–H and O–H groups in total. The Hall–Kier alpha value is -1.81. The van der Waals surface area contributed by atoms with Gasteiger partial charge < -0.3 is 15.4 Å². The van der Waals surface area contributed by atoms with E-state index in [4.69, 9.17) is 10.5 Å². The summed E-state index contributed by atoms with van der Waals surface area (Å²) in [4.78, 5) is 13.2. The van der Waals surface area contributed by atoms with Gasteiger partial charge in [-0.15, -0.1) is 0 Å². The van der Waals surface area contributed by atoms with E-state index in [1.165, 1.54) is 11.3 Å². The lowest BCUT2D eigenvalue weighted by atomic mass is 9.96. The number of carbonyl (C=O) groups is 1. The minimum Gasteiger partial charge on any atom is -0.366 e. The lowest BCUT2D eigenvalue weighted by Crippen LogP contribution is -2.32. The highest BCUT2D eigenvalue weighted by Crippen LogP contribution is 2.35. The standard InChI is InChI=1S/C12H12N2O2/c13-12(15)10-4-8-2-1-3-9-6-16-7-14(5-10)11(8)9/h1-3,5H,4,6-7H2,(H2,13,15). The Labute approximate surface area is 93.3 Å². The SMILES string of the molecule is NC(=O)C1=CN2COCc3cccc(c32)C1. The van der Waals surface area contributed by atoms with E-state index in [0.717, 1.165) is 5.56 Å². The zero-order chi connectivity index (χ0) is 11.1. The van der Waals surface area contributed by atoms with E-state index in [0.29, 0.717) is 25.3 Å². The first-order chi connectivity index (χ1) is 7.75. The summed E-state index contributed by atoms with van der Waals surface area (Å²) in [7, 11) is 0. The summed E-state index contributed by atoms with van der Waals surface area (Å²) in [6.45, 7) is 1.13. The second-order valence-electron chi connectivity index (χ2n) is 4.07. The predicted octanol–water partition coefficient (Wildman–Crippen LogP) is 0.906. The van der Waals surface area contributed by atoms with Crippen molar-refractivity contribution in [2.75, 3.05) is 11.6 Å². The van der Waals surface area contributed by atoms with Gasteiger partial charge in [-0.05, 0) is 5.56 Å². The summed E-state index contributed by atoms with van der Waals surface area (Å²) in [6, 6.07) is 6.08. The van der Waals surface area contributed by atoms with Gasteiger partial charge in [0.05, 0.1) is 12.3 Å². The summed E-state index contributed by atoms with van der Waals surface area (Å²) < 4.78 is 5.45. The fourth-order valence-corrected chi connectivity index (χ4v) is 2.28. The van der Waals surface area contributed by atoms with Crippen LogP contribution in [0.1, 0.15) is 11.1 Å². The van der Waals surface area contributed by atoms with Gasteiger partial charge in [-0.3, -0.25) is 4.79 Å². The highest BCUT2D eigenvalue weighted by Gasteiger charge is 2.25. The molecule has 0 saturated heterocycles. The highest BCUT2D eigenvalue weighted by molar-refractivity contribution is 5.94. The highest BCUT2D eigenvalue weighted by atomic mass is 16.5. The minimum atomic E-state index is -0.360. The second-order valence-corrected chi connectivity index (χ2v) is 4.07. The number of benzene rings is 1. The molecular formula is C12H12N2O2. The molecule has 2 heterocycles. The van der Waals surface area contributed by atoms with E-state index in [1.54, 1.807) is 6.20 Å². The molecule has 0 saturated carbocycles. The quantitative estimate of drug-likeness (QED) is 0.759. The van der Waals surface area contributed by atoms with Gasteiger partial charge in [0.2, 0.25) is 5.91 Å². The Morgan fingerprint density at radius 2 is 2.19 bits per heavy atom. The van der Waals surface area contributed by atoms with Crippen molar-refractivity contribution < 1.29 is 9.53 Å². The second kappa shape index (κ2) is 3.35. The molecule has 16 heavy (non-hydrogen) atoms. The van der Waals surface area contributed by atoms with Gasteiger partial charge in [-0.2, -0.15) is 0 Å². The third-order valence-corrected chi connectivity index (χ3v) is 2.99. The van der Waals surface area contributed by atoms with E-state index in [9.17, 15) is 4.79 Å². The van der Waals surface area contributed by atoms with Crippen molar-refractivity contribution in [1.29, 1.82) is 0 Å². The van der Waals surface area contributed by atoms with Crippen LogP contribution < -0.4 is 10.6 Å². The van der Waals surface area contributed by atoms with Gasteiger partial charge in [0.15, 0.2) is 0 Å². The van der Waals surface area contributed by atoms with Gasteiger partial charge in [0.25, 0.3) is 0 Å². The number of hydrogen-bond acceptors (Lipinski definition) is 3. The number of nitrogens with zero attached hydrogens (tertiary/aromatic N) is 1. The molecule has 0 spiro atoms. The van der Waals surface area contributed by atoms with Crippen LogP contribution >= 0.6 is 0 Å². The van der Waals surface area contributed by atoms with Crippen LogP contribution in [0.4, 0.5) is 5.69 Å². The normalized spacial score (nSPS) is 17.8. The van der Waals surface area contributed by atoms with Crippen molar-refractivity contribution in [2.45, 2.75) is 13.0 Å². The Kier molecular flexibility index (Phi) is 1.97. The van der Waals surface area contributed by atoms with E-state index >= 15 is 0 Å². The number of rotatable bonds is 1. The predicted molar refractivity (Wildman–Crippen MR) is 59.6 cm³/mol. The molecule has 2 aliphatic rings. The number of primary amides is 1. The van der Waals surface area contributed by atoms with Crippen LogP contribution in [0.3, 0.4) is 0 Å². The molecule has 1 aromatic rings. The van der Waals surface area contributed by atoms with E-state index in [1.807, 2.05) is 23.1 Å². The lowest BCUT2D eigenvalue weighted by molar-refractivity contribution is -0.114. The van der Waals surface area contributed by atoms with Crippen molar-refractivity contribution in [3.63, 3.8) is 0 Å². The van der Waals surface area contributed by atoms with E-state index in [-0.39, 0.29) is 5.91 Å². The molecule has 4 heteroatoms. The zero-order valence-electron chi connectivity index (χ0n) is 8.77. The summed E-state index contributed by atoms with van der Waals surface area (Å²) in [5.41, 5.74) is 9.46. The van der Waals surface area contributed by atoms with Crippen LogP contribution in [0.5, 0.6) is 0 Å². The van der Waals surface area contributed by atoms with Crippen LogP contribution in [0.2, 0.25) is 0 Å². The molecule has 1 amide bonds. The molecule has 3 rings (SSSR count). The number of anilines is 1. The van der Waals surface area contributed by atoms with Gasteiger partial charge in [-0.1, -0.05) is 18.2 Å². The largest absolute Gasteiger partial charge is 0.366 e. The number of carbonyl (C=O) groups excluding carboxylic acids is 1. The minimum absolute atomic E-state index is 0.360. The van der Waals surface area contributed by atoms with Crippen LogP contribution in [-0.2, 0) is 22.6 Å². The molecule has 0 atom stereocenters. The molecule has 0 aromatic heterocycles. The third kappa shape index (κ3) is 1.31. The number of nitrogens with two attached hydrogens (primary N) is 1. The smallest absolute Gasteiger partial charge is 0.246 e. The Bertz CT molecular complexity index is 494. The zero-order valence-corrected chi connectivity index (χ0v) is 8.77. The summed E-state index contributed by atoms with van der Waals surface area (Å²) in [5, 5.41) is 0. The summed E-state index contributed by atoms with van der Waals surface area (Å²) in [6.07, 6.45) is 2.42. The lowest BCUT2D eigenvalue weighted by Gasteiger charge is -2.34. The molecule has 0 aliphatic carbocycles. The fraction of sp³-hybridized carbons (Fsp3) is 0.250. The maximum Gasteiger partial charge on any atom is 0.246 e. The number of amides is 1. The maximum absolute atomic E-state index is 11.2. The average molecular weight is 216 g/mol. The van der Waals surface area contributed by atoms with Crippen LogP contribution in [0, 0.1) is 0 Å². The first kappa shape index (κ1) is 9.42. The van der Waals surface area contributed by atoms with Crippen molar-refractivity contribution in [3.05, 3.63) is 41.1 Å². The molecule has 4 nitrogen and oxygen atoms in total. The Morgan fingerprint density at radius 1 is 1.38 bits per heavy atom. The first-order valence-electron chi connectivity index (χ1n) is 5.21. The molecule has 2 aliphatic heterocycles. The Balaban J connectivity index is 2.13. The maximum atomic E-state index is 11.2. The molecule has 1 aromatic carbocycles. The molecule has 0 bridgehead atoms. The molecule has 0 fully saturated rings. The first-order valence-corrected chi connectivity index (χ1v) is 5.21. The van der Waals surface area contributed by atoms with Gasteiger partial charge in [0, 0.05) is 23.8 Å². The monoisotopic (exact) mass is 216 g/mol. The third-order valence-electron chi connectivity index (χ3n) is 2.99. The molecule has 82 valence electrons. The van der Waals surface area contributed by atoms with Crippen molar-refractivity contribution in [3.8, 4) is 0 Å². The van der Waals surface area contributed by atoms with Gasteiger partial charge in [-0.25, -0.2) is 0 Å². The van der Waals surface area contributed by atoms with Crippen molar-refractivity contribution >= 4 is 11.6 Å². The number of hydrogen-bond donors (Lipinski definition) is 1. The summed E-state index contributed by atoms with van der Waals surface area (Å²) >= 11 is 0. The fourth-order valence-electron chi connectivity index (χ4n) is 2.28. The van der Waals surface area contributed by atoms with Crippen LogP contribution in [-0.4, -0.2) is 12.6 Å². The number of para-hydroxylation sites is 1. The van der Waals surface area contributed by atoms with E-state index in [2.05, 4.69) is 0 Å². The molecule has 0 radical (unpaired) electrons. The number of ether oxygens (including phenoxy) is 1.